The number of nitrogens with zero attached hydrogens (tertiary/aromatic N) is 2. The average molecular weight is 753 g/mol. The molecule has 0 aliphatic heterocycles. The predicted molar refractivity (Wildman–Crippen MR) is 254 cm³/mol. The van der Waals surface area contributed by atoms with E-state index in [1.54, 1.807) is 0 Å². The molecule has 0 bridgehead atoms. The van der Waals surface area contributed by atoms with Gasteiger partial charge in [-0.05, 0) is 122 Å². The molecule has 0 radical (unpaired) electrons. The smallest absolute Gasteiger partial charge is 0.0541 e. The molecule has 0 amide bonds. The van der Waals surface area contributed by atoms with Crippen LogP contribution in [0.25, 0.3) is 88.0 Å². The van der Waals surface area contributed by atoms with Gasteiger partial charge >= 0.3 is 0 Å². The van der Waals surface area contributed by atoms with Crippen molar-refractivity contribution in [2.75, 3.05) is 4.90 Å². The summed E-state index contributed by atoms with van der Waals surface area (Å²) in [6.07, 6.45) is 1.99. The Bertz CT molecular complexity index is 3370. The summed E-state index contributed by atoms with van der Waals surface area (Å²) in [5, 5.41) is 11.3. The summed E-state index contributed by atoms with van der Waals surface area (Å²) in [6.45, 7) is 6.45. The van der Waals surface area contributed by atoms with Gasteiger partial charge in [-0.25, -0.2) is 0 Å². The summed E-state index contributed by atoms with van der Waals surface area (Å²) in [4.78, 5) is 2.41. The van der Waals surface area contributed by atoms with Gasteiger partial charge in [0.15, 0.2) is 0 Å². The molecule has 1 heterocycles. The topological polar surface area (TPSA) is 8.17 Å². The van der Waals surface area contributed by atoms with E-state index < -0.39 is 0 Å². The van der Waals surface area contributed by atoms with E-state index in [0.717, 1.165) is 28.4 Å². The summed E-state index contributed by atoms with van der Waals surface area (Å²) < 4.78 is 2.37. The number of rotatable bonds is 7. The van der Waals surface area contributed by atoms with Gasteiger partial charge < -0.3 is 9.47 Å². The van der Waals surface area contributed by atoms with Crippen molar-refractivity contribution in [3.63, 3.8) is 0 Å². The molecule has 0 saturated heterocycles. The number of anilines is 3. The van der Waals surface area contributed by atoms with Crippen LogP contribution in [0.4, 0.5) is 17.1 Å². The van der Waals surface area contributed by atoms with Gasteiger partial charge in [-0.3, -0.25) is 0 Å². The first-order valence-corrected chi connectivity index (χ1v) is 20.3. The lowest BCUT2D eigenvalue weighted by Crippen LogP contribution is -2.11. The molecule has 11 aromatic rings. The summed E-state index contributed by atoms with van der Waals surface area (Å²) in [5.41, 5.74) is 12.7. The molecular formula is C57H40N2. The van der Waals surface area contributed by atoms with Crippen molar-refractivity contribution < 1.29 is 0 Å². The van der Waals surface area contributed by atoms with Gasteiger partial charge in [-0.2, -0.15) is 0 Å². The maximum Gasteiger partial charge on any atom is 0.0541 e. The van der Waals surface area contributed by atoms with Crippen LogP contribution in [0.15, 0.2) is 213 Å². The molecule has 0 atom stereocenters. The Kier molecular flexibility index (Phi) is 8.23. The zero-order valence-electron chi connectivity index (χ0n) is 32.8. The van der Waals surface area contributed by atoms with Crippen LogP contribution in [-0.4, -0.2) is 4.57 Å². The van der Waals surface area contributed by atoms with E-state index in [1.165, 1.54) is 81.8 Å². The standard InChI is InChI=1S/C57H40N2/c1-3-54-38(2)45-20-13-14-27-55(45)59(54)57-35-34-56(51-25-11-12-26-52(51)57)58(44-19-15-18-41(36-44)39-16-5-4-6-17-39)43-31-28-40(29-32-43)42-30-33-50-48-23-8-7-21-46(48)47-22-9-10-24-49(47)53(50)37-42/h3-37H,1H2,2H3. The number of hydrogen-bond donors (Lipinski definition) is 0. The van der Waals surface area contributed by atoms with Crippen molar-refractivity contribution in [2.24, 2.45) is 0 Å². The van der Waals surface area contributed by atoms with Crippen molar-refractivity contribution in [3.8, 4) is 27.9 Å². The Morgan fingerprint density at radius 3 is 1.61 bits per heavy atom. The highest BCUT2D eigenvalue weighted by Crippen LogP contribution is 2.44. The second-order valence-corrected chi connectivity index (χ2v) is 15.4. The van der Waals surface area contributed by atoms with Crippen molar-refractivity contribution in [2.45, 2.75) is 6.92 Å². The molecule has 0 saturated carbocycles. The van der Waals surface area contributed by atoms with E-state index in [-0.39, 0.29) is 0 Å². The largest absolute Gasteiger partial charge is 0.310 e. The number of aryl methyl sites for hydroxylation is 1. The van der Waals surface area contributed by atoms with E-state index in [9.17, 15) is 0 Å². The van der Waals surface area contributed by atoms with Crippen molar-refractivity contribution >= 4 is 77.1 Å². The lowest BCUT2D eigenvalue weighted by atomic mass is 9.92. The Hall–Kier alpha value is -7.68. The van der Waals surface area contributed by atoms with Crippen LogP contribution in [-0.2, 0) is 0 Å². The molecule has 0 fully saturated rings. The maximum absolute atomic E-state index is 4.25. The third-order valence-corrected chi connectivity index (χ3v) is 12.1. The molecule has 0 unspecified atom stereocenters. The molecule has 0 N–H and O–H groups in total. The van der Waals surface area contributed by atoms with E-state index in [1.807, 2.05) is 6.08 Å². The van der Waals surface area contributed by atoms with Gasteiger partial charge in [-0.1, -0.05) is 164 Å². The fourth-order valence-corrected chi connectivity index (χ4v) is 9.35. The first-order chi connectivity index (χ1) is 29.2. The molecule has 278 valence electrons. The fraction of sp³-hybridized carbons (Fsp3) is 0.0175. The normalized spacial score (nSPS) is 11.5. The third kappa shape index (κ3) is 5.64. The van der Waals surface area contributed by atoms with Crippen LogP contribution in [0.2, 0.25) is 0 Å². The molecule has 2 nitrogen and oxygen atoms in total. The first kappa shape index (κ1) is 34.6. The predicted octanol–water partition coefficient (Wildman–Crippen LogP) is 16.0. The molecule has 2 heteroatoms. The molecule has 11 rings (SSSR count). The summed E-state index contributed by atoms with van der Waals surface area (Å²) in [5.74, 6) is 0. The van der Waals surface area contributed by atoms with Crippen molar-refractivity contribution in [1.82, 2.24) is 4.57 Å². The van der Waals surface area contributed by atoms with Crippen LogP contribution >= 0.6 is 0 Å². The quantitative estimate of drug-likeness (QED) is 0.147. The lowest BCUT2D eigenvalue weighted by Gasteiger charge is -2.28. The minimum Gasteiger partial charge on any atom is -0.310 e. The van der Waals surface area contributed by atoms with Gasteiger partial charge in [0.1, 0.15) is 0 Å². The molecule has 59 heavy (non-hydrogen) atoms. The second-order valence-electron chi connectivity index (χ2n) is 15.4. The number of para-hydroxylation sites is 1. The number of aromatic nitrogens is 1. The van der Waals surface area contributed by atoms with Crippen LogP contribution in [0.3, 0.4) is 0 Å². The van der Waals surface area contributed by atoms with E-state index in [4.69, 9.17) is 0 Å². The first-order valence-electron chi connectivity index (χ1n) is 20.3. The maximum atomic E-state index is 4.25. The number of hydrogen-bond acceptors (Lipinski definition) is 1. The molecule has 0 aliphatic carbocycles. The highest BCUT2D eigenvalue weighted by atomic mass is 15.1. The molecule has 0 aliphatic rings. The van der Waals surface area contributed by atoms with Gasteiger partial charge in [-0.15, -0.1) is 0 Å². The zero-order valence-corrected chi connectivity index (χ0v) is 32.8. The number of benzene rings is 10. The van der Waals surface area contributed by atoms with Crippen LogP contribution in [0.5, 0.6) is 0 Å². The lowest BCUT2D eigenvalue weighted by molar-refractivity contribution is 1.11. The molecule has 0 spiro atoms. The van der Waals surface area contributed by atoms with Crippen LogP contribution < -0.4 is 4.90 Å². The average Bonchev–Trinajstić information content (AvgIpc) is 3.60. The van der Waals surface area contributed by atoms with Crippen LogP contribution in [0.1, 0.15) is 11.3 Å². The summed E-state index contributed by atoms with van der Waals surface area (Å²) >= 11 is 0. The SMILES string of the molecule is C=Cc1c(C)c2ccccc2n1-c1ccc(N(c2ccc(-c3ccc4c5ccccc5c5ccccc5c4c3)cc2)c2cccc(-c3ccccc3)c2)c2ccccc12. The second kappa shape index (κ2) is 14.1. The van der Waals surface area contributed by atoms with Gasteiger partial charge in [0.05, 0.1) is 16.9 Å². The summed E-state index contributed by atoms with van der Waals surface area (Å²) in [7, 11) is 0. The third-order valence-electron chi connectivity index (χ3n) is 12.1. The van der Waals surface area contributed by atoms with Gasteiger partial charge in [0, 0.05) is 33.2 Å². The molecule has 1 aromatic heterocycles. The highest BCUT2D eigenvalue weighted by molar-refractivity contribution is 6.25. The van der Waals surface area contributed by atoms with Crippen molar-refractivity contribution in [1.29, 1.82) is 0 Å². The van der Waals surface area contributed by atoms with E-state index in [2.05, 4.69) is 229 Å². The Labute approximate surface area is 344 Å². The van der Waals surface area contributed by atoms with Gasteiger partial charge in [0.2, 0.25) is 0 Å². The highest BCUT2D eigenvalue weighted by Gasteiger charge is 2.21. The Morgan fingerprint density at radius 1 is 0.390 bits per heavy atom. The molecular weight excluding hydrogens is 713 g/mol. The van der Waals surface area contributed by atoms with E-state index >= 15 is 0 Å². The Morgan fingerprint density at radius 2 is 0.915 bits per heavy atom. The summed E-state index contributed by atoms with van der Waals surface area (Å²) in [6, 6.07) is 75.2. The fourth-order valence-electron chi connectivity index (χ4n) is 9.35. The van der Waals surface area contributed by atoms with Crippen LogP contribution in [0, 0.1) is 6.92 Å². The minimum absolute atomic E-state index is 1.09. The van der Waals surface area contributed by atoms with E-state index in [0.29, 0.717) is 0 Å². The van der Waals surface area contributed by atoms with Gasteiger partial charge in [0.25, 0.3) is 0 Å². The Balaban J connectivity index is 1.09. The molecule has 10 aromatic carbocycles. The monoisotopic (exact) mass is 752 g/mol. The zero-order chi connectivity index (χ0) is 39.5. The van der Waals surface area contributed by atoms with Crippen molar-refractivity contribution in [3.05, 3.63) is 224 Å². The minimum atomic E-state index is 1.09. The number of fused-ring (bicyclic) bond motifs is 8.